The van der Waals surface area contributed by atoms with Gasteiger partial charge in [0, 0.05) is 35.6 Å². The summed E-state index contributed by atoms with van der Waals surface area (Å²) in [7, 11) is -2.19. The van der Waals surface area contributed by atoms with E-state index in [1.807, 2.05) is 0 Å². The second kappa shape index (κ2) is 9.27. The summed E-state index contributed by atoms with van der Waals surface area (Å²) in [4.78, 5) is 23.9. The van der Waals surface area contributed by atoms with E-state index in [1.54, 1.807) is 13.0 Å². The number of hydrogen-bond donors (Lipinski definition) is 2. The first-order chi connectivity index (χ1) is 12.7. The van der Waals surface area contributed by atoms with Gasteiger partial charge in [0.25, 0.3) is 5.56 Å². The third-order valence-corrected chi connectivity index (χ3v) is 5.56. The second-order valence-electron chi connectivity index (χ2n) is 5.86. The lowest BCUT2D eigenvalue weighted by atomic mass is 10.3. The fraction of sp³-hybridized carbons (Fsp3) is 0.294. The number of methoxy groups -OCH3 is 1. The van der Waals surface area contributed by atoms with Gasteiger partial charge in [-0.05, 0) is 53.2 Å². The summed E-state index contributed by atoms with van der Waals surface area (Å²) in [6.45, 7) is 1.79. The molecule has 2 aromatic rings. The highest BCUT2D eigenvalue weighted by molar-refractivity contribution is 9.10. The molecule has 8 nitrogen and oxygen atoms in total. The molecular weight excluding hydrogens is 438 g/mol. The Morgan fingerprint density at radius 3 is 2.52 bits per heavy atom. The second-order valence-corrected chi connectivity index (χ2v) is 8.49. The van der Waals surface area contributed by atoms with Crippen LogP contribution in [0.25, 0.3) is 0 Å². The molecule has 146 valence electrons. The lowest BCUT2D eigenvalue weighted by Gasteiger charge is -2.13. The van der Waals surface area contributed by atoms with Crippen molar-refractivity contribution in [3.05, 3.63) is 57.4 Å². The van der Waals surface area contributed by atoms with Crippen LogP contribution in [0.3, 0.4) is 0 Å². The molecular formula is C17H20BrN3O5S. The molecule has 0 fully saturated rings. The van der Waals surface area contributed by atoms with Gasteiger partial charge in [-0.3, -0.25) is 9.59 Å². The van der Waals surface area contributed by atoms with Gasteiger partial charge in [0.2, 0.25) is 15.9 Å². The highest BCUT2D eigenvalue weighted by Gasteiger charge is 2.17. The zero-order valence-corrected chi connectivity index (χ0v) is 17.2. The molecule has 0 saturated heterocycles. The number of benzene rings is 1. The van der Waals surface area contributed by atoms with Crippen LogP contribution in [0.15, 0.2) is 56.8 Å². The molecule has 1 unspecified atom stereocenters. The van der Waals surface area contributed by atoms with Crippen LogP contribution in [-0.2, 0) is 26.1 Å². The van der Waals surface area contributed by atoms with Gasteiger partial charge in [0.1, 0.15) is 6.54 Å². The number of amides is 1. The number of sulfonamides is 1. The van der Waals surface area contributed by atoms with Crippen LogP contribution in [0.4, 0.5) is 5.69 Å². The Bertz CT molecular complexity index is 957. The van der Waals surface area contributed by atoms with Crippen LogP contribution >= 0.6 is 15.9 Å². The Kier molecular flexibility index (Phi) is 7.31. The number of nitrogens with one attached hydrogen (secondary N) is 2. The molecule has 1 heterocycles. The zero-order chi connectivity index (χ0) is 20.0. The number of carbonyl (C=O) groups is 1. The molecule has 10 heteroatoms. The van der Waals surface area contributed by atoms with E-state index in [2.05, 4.69) is 26.0 Å². The van der Waals surface area contributed by atoms with E-state index >= 15 is 0 Å². The van der Waals surface area contributed by atoms with Crippen LogP contribution in [0.5, 0.6) is 0 Å². The molecule has 1 atom stereocenters. The number of ether oxygens (including phenoxy) is 1. The number of aromatic nitrogens is 1. The molecule has 0 radical (unpaired) electrons. The fourth-order valence-electron chi connectivity index (χ4n) is 2.32. The van der Waals surface area contributed by atoms with Crippen molar-refractivity contribution in [2.24, 2.45) is 0 Å². The number of anilines is 1. The van der Waals surface area contributed by atoms with Crippen molar-refractivity contribution in [3.63, 3.8) is 0 Å². The third kappa shape index (κ3) is 6.28. The predicted octanol–water partition coefficient (Wildman–Crippen LogP) is 1.56. The maximum absolute atomic E-state index is 12.3. The Hall–Kier alpha value is -2.01. The fourth-order valence-corrected chi connectivity index (χ4v) is 3.92. The molecule has 0 aliphatic heterocycles. The SMILES string of the molecule is COCC(C)NS(=O)(=O)c1ccc(NC(=O)Cn2cc(Br)ccc2=O)cc1. The molecule has 2 N–H and O–H groups in total. The van der Waals surface area contributed by atoms with Crippen LogP contribution in [0.1, 0.15) is 6.92 Å². The van der Waals surface area contributed by atoms with Gasteiger partial charge in [-0.15, -0.1) is 0 Å². The van der Waals surface area contributed by atoms with E-state index in [-0.39, 0.29) is 29.6 Å². The largest absolute Gasteiger partial charge is 0.383 e. The van der Waals surface area contributed by atoms with Crippen LogP contribution in [0, 0.1) is 0 Å². The van der Waals surface area contributed by atoms with Crippen LogP contribution in [0.2, 0.25) is 0 Å². The molecule has 0 spiro atoms. The summed E-state index contributed by atoms with van der Waals surface area (Å²) in [5.74, 6) is -0.405. The lowest BCUT2D eigenvalue weighted by Crippen LogP contribution is -2.35. The molecule has 0 saturated carbocycles. The van der Waals surface area contributed by atoms with Gasteiger partial charge in [0.15, 0.2) is 0 Å². The minimum atomic E-state index is -3.68. The number of halogens is 1. The van der Waals surface area contributed by atoms with Gasteiger partial charge in [-0.25, -0.2) is 13.1 Å². The van der Waals surface area contributed by atoms with E-state index < -0.39 is 15.9 Å². The van der Waals surface area contributed by atoms with Crippen LogP contribution < -0.4 is 15.6 Å². The first kappa shape index (κ1) is 21.3. The maximum Gasteiger partial charge on any atom is 0.251 e. The molecule has 27 heavy (non-hydrogen) atoms. The van der Waals surface area contributed by atoms with E-state index in [9.17, 15) is 18.0 Å². The molecule has 2 rings (SSSR count). The Labute approximate surface area is 165 Å². The summed E-state index contributed by atoms with van der Waals surface area (Å²) in [5.41, 5.74) is 0.123. The summed E-state index contributed by atoms with van der Waals surface area (Å²) < 4.78 is 33.9. The zero-order valence-electron chi connectivity index (χ0n) is 14.8. The first-order valence-electron chi connectivity index (χ1n) is 7.98. The molecule has 0 aliphatic carbocycles. The van der Waals surface area contributed by atoms with Crippen molar-refractivity contribution in [1.82, 2.24) is 9.29 Å². The first-order valence-corrected chi connectivity index (χ1v) is 10.3. The van der Waals surface area contributed by atoms with Gasteiger partial charge in [-0.1, -0.05) is 0 Å². The molecule has 0 aliphatic rings. The highest BCUT2D eigenvalue weighted by atomic mass is 79.9. The minimum absolute atomic E-state index is 0.0756. The Morgan fingerprint density at radius 1 is 1.22 bits per heavy atom. The summed E-state index contributed by atoms with van der Waals surface area (Å²) in [5, 5.41) is 2.63. The van der Waals surface area contributed by atoms with E-state index in [0.717, 1.165) is 0 Å². The monoisotopic (exact) mass is 457 g/mol. The molecule has 1 aromatic heterocycles. The van der Waals surface area contributed by atoms with Crippen molar-refractivity contribution >= 4 is 37.5 Å². The topological polar surface area (TPSA) is 106 Å². The quantitative estimate of drug-likeness (QED) is 0.625. The van der Waals surface area contributed by atoms with E-state index in [1.165, 1.54) is 48.2 Å². The average molecular weight is 458 g/mol. The lowest BCUT2D eigenvalue weighted by molar-refractivity contribution is -0.116. The molecule has 1 amide bonds. The normalized spacial score (nSPS) is 12.6. The average Bonchev–Trinajstić information content (AvgIpc) is 2.58. The standard InChI is InChI=1S/C17H20BrN3O5S/c1-12(11-26-2)20-27(24,25)15-6-4-14(5-7-15)19-16(22)10-21-9-13(18)3-8-17(21)23/h3-9,12,20H,10-11H2,1-2H3,(H,19,22). The summed E-state index contributed by atoms with van der Waals surface area (Å²) >= 11 is 3.24. The van der Waals surface area contributed by atoms with Gasteiger partial charge in [0.05, 0.1) is 11.5 Å². The minimum Gasteiger partial charge on any atom is -0.383 e. The Morgan fingerprint density at radius 2 is 1.89 bits per heavy atom. The summed E-state index contributed by atoms with van der Waals surface area (Å²) in [6, 6.07) is 8.33. The van der Waals surface area contributed by atoms with E-state index in [4.69, 9.17) is 4.74 Å². The summed E-state index contributed by atoms with van der Waals surface area (Å²) in [6.07, 6.45) is 1.52. The number of pyridine rings is 1. The number of nitrogens with zero attached hydrogens (tertiary/aromatic N) is 1. The Balaban J connectivity index is 2.03. The molecule has 0 bridgehead atoms. The van der Waals surface area contributed by atoms with Gasteiger partial charge in [-0.2, -0.15) is 0 Å². The van der Waals surface area contributed by atoms with Crippen molar-refractivity contribution in [2.45, 2.75) is 24.4 Å². The van der Waals surface area contributed by atoms with Crippen molar-refractivity contribution in [3.8, 4) is 0 Å². The van der Waals surface area contributed by atoms with Crippen molar-refractivity contribution < 1.29 is 17.9 Å². The van der Waals surface area contributed by atoms with E-state index in [0.29, 0.717) is 10.2 Å². The molecule has 1 aromatic carbocycles. The smallest absolute Gasteiger partial charge is 0.251 e. The van der Waals surface area contributed by atoms with Crippen molar-refractivity contribution in [2.75, 3.05) is 19.0 Å². The number of rotatable bonds is 8. The maximum atomic E-state index is 12.3. The van der Waals surface area contributed by atoms with Gasteiger partial charge >= 0.3 is 0 Å². The van der Waals surface area contributed by atoms with Crippen molar-refractivity contribution in [1.29, 1.82) is 0 Å². The highest BCUT2D eigenvalue weighted by Crippen LogP contribution is 2.14. The third-order valence-electron chi connectivity index (χ3n) is 3.48. The number of hydrogen-bond acceptors (Lipinski definition) is 5. The van der Waals surface area contributed by atoms with Gasteiger partial charge < -0.3 is 14.6 Å². The van der Waals surface area contributed by atoms with Crippen LogP contribution in [-0.4, -0.2) is 38.7 Å². The number of carbonyl (C=O) groups excluding carboxylic acids is 1. The predicted molar refractivity (Wildman–Crippen MR) is 105 cm³/mol.